The number of amides is 1. The molecule has 8 nitrogen and oxygen atoms in total. The van der Waals surface area contributed by atoms with Crippen LogP contribution in [0.5, 0.6) is 0 Å². The number of thiophene rings is 1. The zero-order valence-corrected chi connectivity index (χ0v) is 18.4. The van der Waals surface area contributed by atoms with Gasteiger partial charge in [-0.15, -0.1) is 11.3 Å². The highest BCUT2D eigenvalue weighted by molar-refractivity contribution is 7.19. The minimum Gasteiger partial charge on any atom is -0.346 e. The quantitative estimate of drug-likeness (QED) is 0.640. The van der Waals surface area contributed by atoms with E-state index in [1.165, 1.54) is 16.8 Å². The molecule has 0 radical (unpaired) electrons. The van der Waals surface area contributed by atoms with Gasteiger partial charge >= 0.3 is 0 Å². The number of anilines is 2. The van der Waals surface area contributed by atoms with Gasteiger partial charge in [0.1, 0.15) is 22.7 Å². The van der Waals surface area contributed by atoms with Crippen LogP contribution in [-0.4, -0.2) is 45.6 Å². The lowest BCUT2D eigenvalue weighted by atomic mass is 9.87. The van der Waals surface area contributed by atoms with E-state index in [4.69, 9.17) is 0 Å². The van der Waals surface area contributed by atoms with Gasteiger partial charge in [0, 0.05) is 41.9 Å². The largest absolute Gasteiger partial charge is 0.346 e. The fraction of sp³-hybridized carbons (Fsp3) is 0.409. The molecule has 2 aliphatic rings. The predicted octanol–water partition coefficient (Wildman–Crippen LogP) is 3.03. The van der Waals surface area contributed by atoms with Gasteiger partial charge in [0.2, 0.25) is 5.91 Å². The number of aromatic amines is 1. The van der Waals surface area contributed by atoms with Crippen LogP contribution >= 0.6 is 11.3 Å². The molecule has 0 saturated carbocycles. The molecule has 0 aromatic carbocycles. The summed E-state index contributed by atoms with van der Waals surface area (Å²) >= 11 is 1.63. The van der Waals surface area contributed by atoms with Gasteiger partial charge in [0.15, 0.2) is 0 Å². The third kappa shape index (κ3) is 3.52. The first-order valence-corrected chi connectivity index (χ1v) is 11.4. The predicted molar refractivity (Wildman–Crippen MR) is 123 cm³/mol. The SMILES string of the molecule is CCCN(C)C(=O)[C@H]1CCc2c(sc3ncnc(Nc4cc5c([nH]c4=O)CN=C5)c23)C1. The molecule has 4 heterocycles. The van der Waals surface area contributed by atoms with E-state index in [2.05, 4.69) is 32.2 Å². The van der Waals surface area contributed by atoms with Gasteiger partial charge in [-0.2, -0.15) is 0 Å². The number of H-pyrrole nitrogens is 1. The number of hydrogen-bond donors (Lipinski definition) is 2. The maximum Gasteiger partial charge on any atom is 0.271 e. The monoisotopic (exact) mass is 436 g/mol. The molecule has 1 amide bonds. The Kier molecular flexibility index (Phi) is 5.05. The van der Waals surface area contributed by atoms with Gasteiger partial charge in [-0.1, -0.05) is 6.92 Å². The Hall–Kier alpha value is -3.07. The van der Waals surface area contributed by atoms with Crippen molar-refractivity contribution in [1.82, 2.24) is 19.9 Å². The van der Waals surface area contributed by atoms with E-state index in [-0.39, 0.29) is 17.4 Å². The van der Waals surface area contributed by atoms with Crippen LogP contribution in [0.15, 0.2) is 22.2 Å². The van der Waals surface area contributed by atoms with Crippen molar-refractivity contribution in [3.05, 3.63) is 44.4 Å². The van der Waals surface area contributed by atoms with Crippen molar-refractivity contribution in [2.75, 3.05) is 18.9 Å². The Labute approximate surface area is 183 Å². The molecular formula is C22H24N6O2S. The number of rotatable bonds is 5. The van der Waals surface area contributed by atoms with Crippen LogP contribution in [0, 0.1) is 5.92 Å². The first kappa shape index (κ1) is 19.9. The van der Waals surface area contributed by atoms with Crippen molar-refractivity contribution >= 4 is 45.2 Å². The van der Waals surface area contributed by atoms with Crippen molar-refractivity contribution in [2.24, 2.45) is 10.9 Å². The van der Waals surface area contributed by atoms with Crippen LogP contribution in [0.2, 0.25) is 0 Å². The van der Waals surface area contributed by atoms with Gasteiger partial charge in [0.05, 0.1) is 11.9 Å². The van der Waals surface area contributed by atoms with Gasteiger partial charge in [-0.3, -0.25) is 14.6 Å². The minimum atomic E-state index is -0.190. The number of aryl methyl sites for hydroxylation is 1. The summed E-state index contributed by atoms with van der Waals surface area (Å²) in [7, 11) is 1.89. The van der Waals surface area contributed by atoms with Gasteiger partial charge < -0.3 is 15.2 Å². The zero-order chi connectivity index (χ0) is 21.5. The number of nitrogens with zero attached hydrogens (tertiary/aromatic N) is 4. The number of hydrogen-bond acceptors (Lipinski definition) is 7. The Morgan fingerprint density at radius 3 is 3.10 bits per heavy atom. The summed E-state index contributed by atoms with van der Waals surface area (Å²) in [6, 6.07) is 1.82. The van der Waals surface area contributed by atoms with E-state index in [1.54, 1.807) is 17.6 Å². The van der Waals surface area contributed by atoms with E-state index in [1.807, 2.05) is 18.0 Å². The third-order valence-corrected chi connectivity index (χ3v) is 7.18. The molecule has 1 aliphatic carbocycles. The lowest BCUT2D eigenvalue weighted by molar-refractivity contribution is -0.134. The molecule has 5 rings (SSSR count). The maximum atomic E-state index is 12.8. The standard InChI is InChI=1S/C22H24N6O2S/c1-3-6-28(2)22(30)12-4-5-14-17(8-12)31-21-18(14)19(24-11-25-21)26-15-7-13-9-23-10-16(13)27-20(15)29/h7,9,11-12H,3-6,8,10H2,1-2H3,(H,27,29)(H,24,25,26)/t12-/m0/s1. The molecular weight excluding hydrogens is 412 g/mol. The van der Waals surface area contributed by atoms with E-state index in [0.29, 0.717) is 18.1 Å². The van der Waals surface area contributed by atoms with E-state index in [9.17, 15) is 9.59 Å². The average Bonchev–Trinajstić information content (AvgIpc) is 3.37. The molecule has 0 unspecified atom stereocenters. The summed E-state index contributed by atoms with van der Waals surface area (Å²) < 4.78 is 0. The molecule has 0 bridgehead atoms. The number of carbonyl (C=O) groups excluding carboxylic acids is 1. The number of nitrogens with one attached hydrogen (secondary N) is 2. The molecule has 0 spiro atoms. The van der Waals surface area contributed by atoms with Crippen LogP contribution in [0.1, 0.15) is 41.5 Å². The minimum absolute atomic E-state index is 0.0142. The molecule has 160 valence electrons. The van der Waals surface area contributed by atoms with Crippen LogP contribution in [-0.2, 0) is 24.2 Å². The van der Waals surface area contributed by atoms with Crippen molar-refractivity contribution in [2.45, 2.75) is 39.2 Å². The van der Waals surface area contributed by atoms with Crippen LogP contribution in [0.25, 0.3) is 10.2 Å². The Morgan fingerprint density at radius 2 is 2.26 bits per heavy atom. The highest BCUT2D eigenvalue weighted by Gasteiger charge is 2.30. The number of fused-ring (bicyclic) bond motifs is 4. The molecule has 0 saturated heterocycles. The molecule has 3 aromatic heterocycles. The number of pyridine rings is 1. The second-order valence-electron chi connectivity index (χ2n) is 8.15. The van der Waals surface area contributed by atoms with Gasteiger partial charge in [-0.05, 0) is 37.3 Å². The van der Waals surface area contributed by atoms with Gasteiger partial charge in [0.25, 0.3) is 5.56 Å². The van der Waals surface area contributed by atoms with E-state index in [0.717, 1.165) is 53.7 Å². The number of carbonyl (C=O) groups is 1. The fourth-order valence-corrected chi connectivity index (χ4v) is 5.73. The summed E-state index contributed by atoms with van der Waals surface area (Å²) in [4.78, 5) is 45.3. The lowest BCUT2D eigenvalue weighted by Crippen LogP contribution is -2.35. The topological polar surface area (TPSA) is 103 Å². The number of aromatic nitrogens is 3. The molecule has 0 fully saturated rings. The molecule has 1 atom stereocenters. The van der Waals surface area contributed by atoms with Crippen molar-refractivity contribution in [3.8, 4) is 0 Å². The highest BCUT2D eigenvalue weighted by atomic mass is 32.1. The van der Waals surface area contributed by atoms with Crippen LogP contribution in [0.4, 0.5) is 11.5 Å². The molecule has 9 heteroatoms. The average molecular weight is 437 g/mol. The molecule has 31 heavy (non-hydrogen) atoms. The van der Waals surface area contributed by atoms with E-state index < -0.39 is 0 Å². The van der Waals surface area contributed by atoms with Crippen LogP contribution in [0.3, 0.4) is 0 Å². The summed E-state index contributed by atoms with van der Waals surface area (Å²) in [5, 5.41) is 4.19. The number of aliphatic imine (C=N–C) groups is 1. The highest BCUT2D eigenvalue weighted by Crippen LogP contribution is 2.40. The zero-order valence-electron chi connectivity index (χ0n) is 17.6. The summed E-state index contributed by atoms with van der Waals surface area (Å²) in [6.45, 7) is 3.38. The smallest absolute Gasteiger partial charge is 0.271 e. The van der Waals surface area contributed by atoms with E-state index >= 15 is 0 Å². The second-order valence-corrected chi connectivity index (χ2v) is 9.23. The Balaban J connectivity index is 1.47. The first-order valence-electron chi connectivity index (χ1n) is 10.6. The third-order valence-electron chi connectivity index (χ3n) is 6.02. The summed E-state index contributed by atoms with van der Waals surface area (Å²) in [5.41, 5.74) is 3.20. The van der Waals surface area contributed by atoms with Gasteiger partial charge in [-0.25, -0.2) is 9.97 Å². The fourth-order valence-electron chi connectivity index (χ4n) is 4.46. The van der Waals surface area contributed by atoms with Crippen LogP contribution < -0.4 is 10.9 Å². The Bertz CT molecular complexity index is 1260. The summed E-state index contributed by atoms with van der Waals surface area (Å²) in [6.07, 6.45) is 6.61. The first-order chi connectivity index (χ1) is 15.0. The summed E-state index contributed by atoms with van der Waals surface area (Å²) in [5.74, 6) is 0.872. The maximum absolute atomic E-state index is 12.8. The van der Waals surface area contributed by atoms with Crippen molar-refractivity contribution in [3.63, 3.8) is 0 Å². The normalized spacial score (nSPS) is 16.9. The van der Waals surface area contributed by atoms with Crippen molar-refractivity contribution in [1.29, 1.82) is 0 Å². The van der Waals surface area contributed by atoms with Crippen molar-refractivity contribution < 1.29 is 4.79 Å². The molecule has 3 aromatic rings. The molecule has 1 aliphatic heterocycles. The molecule has 2 N–H and O–H groups in total. The lowest BCUT2D eigenvalue weighted by Gasteiger charge is -2.26. The Morgan fingerprint density at radius 1 is 1.39 bits per heavy atom. The second kappa shape index (κ2) is 7.88.